The van der Waals surface area contributed by atoms with Gasteiger partial charge in [-0.1, -0.05) is 18.2 Å². The van der Waals surface area contributed by atoms with Gasteiger partial charge in [-0.2, -0.15) is 0 Å². The molecular formula is C24H30N4O2. The molecule has 0 radical (unpaired) electrons. The van der Waals surface area contributed by atoms with Crippen molar-refractivity contribution in [2.24, 2.45) is 5.92 Å². The van der Waals surface area contributed by atoms with E-state index in [2.05, 4.69) is 45.3 Å². The van der Waals surface area contributed by atoms with Crippen LogP contribution in [0.25, 0.3) is 5.65 Å². The molecule has 3 aromatic rings. The number of benzene rings is 1. The molecule has 3 heterocycles. The van der Waals surface area contributed by atoms with Crippen molar-refractivity contribution in [2.45, 2.75) is 44.8 Å². The number of hydrogen-bond donors (Lipinski definition) is 0. The molecule has 1 saturated carbocycles. The summed E-state index contributed by atoms with van der Waals surface area (Å²) in [6.45, 7) is 4.40. The van der Waals surface area contributed by atoms with E-state index >= 15 is 0 Å². The quantitative estimate of drug-likeness (QED) is 0.624. The maximum absolute atomic E-state index is 6.36. The molecule has 1 aromatic carbocycles. The van der Waals surface area contributed by atoms with E-state index in [1.807, 2.05) is 23.0 Å². The zero-order valence-corrected chi connectivity index (χ0v) is 17.4. The molecule has 1 saturated heterocycles. The summed E-state index contributed by atoms with van der Waals surface area (Å²) in [4.78, 5) is 11.4. The van der Waals surface area contributed by atoms with Crippen molar-refractivity contribution < 1.29 is 9.47 Å². The number of nitrogens with zero attached hydrogens (tertiary/aromatic N) is 4. The molecule has 0 spiro atoms. The highest BCUT2D eigenvalue weighted by molar-refractivity contribution is 5.35. The lowest BCUT2D eigenvalue weighted by molar-refractivity contribution is 0.121. The van der Waals surface area contributed by atoms with Crippen LogP contribution in [0.4, 0.5) is 0 Å². The smallest absolute Gasteiger partial charge is 0.155 e. The van der Waals surface area contributed by atoms with Gasteiger partial charge in [0.1, 0.15) is 5.75 Å². The monoisotopic (exact) mass is 406 g/mol. The van der Waals surface area contributed by atoms with Crippen molar-refractivity contribution in [2.75, 3.05) is 26.3 Å². The van der Waals surface area contributed by atoms with E-state index in [0.29, 0.717) is 12.0 Å². The first-order valence-corrected chi connectivity index (χ1v) is 11.2. The van der Waals surface area contributed by atoms with Crippen LogP contribution in [0.1, 0.15) is 36.9 Å². The third-order valence-corrected chi connectivity index (χ3v) is 6.21. The number of imidazole rings is 1. The number of hydrogen-bond acceptors (Lipinski definition) is 5. The maximum Gasteiger partial charge on any atom is 0.155 e. The summed E-state index contributed by atoms with van der Waals surface area (Å²) in [7, 11) is 0. The molecule has 1 atom stereocenters. The molecule has 6 heteroatoms. The second-order valence-electron chi connectivity index (χ2n) is 8.58. The van der Waals surface area contributed by atoms with E-state index in [1.54, 1.807) is 0 Å². The number of rotatable bonds is 6. The van der Waals surface area contributed by atoms with Crippen molar-refractivity contribution in [3.8, 4) is 5.75 Å². The number of ether oxygens (including phenoxy) is 2. The molecule has 5 rings (SSSR count). The summed E-state index contributed by atoms with van der Waals surface area (Å²) in [5, 5.41) is 0. The van der Waals surface area contributed by atoms with E-state index in [1.165, 1.54) is 31.2 Å². The largest absolute Gasteiger partial charge is 0.490 e. The van der Waals surface area contributed by atoms with Crippen molar-refractivity contribution in [3.63, 3.8) is 0 Å². The molecule has 2 aliphatic rings. The highest BCUT2D eigenvalue weighted by Crippen LogP contribution is 2.28. The Labute approximate surface area is 177 Å². The first-order valence-electron chi connectivity index (χ1n) is 11.2. The molecule has 1 aliphatic heterocycles. The van der Waals surface area contributed by atoms with Crippen LogP contribution < -0.4 is 4.74 Å². The Bertz CT molecular complexity index is 967. The molecular weight excluding hydrogens is 376 g/mol. The van der Waals surface area contributed by atoms with E-state index in [4.69, 9.17) is 9.47 Å². The van der Waals surface area contributed by atoms with Crippen molar-refractivity contribution >= 4 is 5.65 Å². The number of aromatic nitrogens is 3. The summed E-state index contributed by atoms with van der Waals surface area (Å²) in [6, 6.07) is 8.54. The second-order valence-corrected chi connectivity index (χ2v) is 8.58. The fraction of sp³-hybridized carbons (Fsp3) is 0.500. The molecule has 158 valence electrons. The molecule has 0 unspecified atom stereocenters. The van der Waals surface area contributed by atoms with Crippen LogP contribution in [0, 0.1) is 5.92 Å². The third-order valence-electron chi connectivity index (χ3n) is 6.21. The van der Waals surface area contributed by atoms with E-state index in [9.17, 15) is 0 Å². The Balaban J connectivity index is 1.25. The highest BCUT2D eigenvalue weighted by Gasteiger charge is 2.22. The Morgan fingerprint density at radius 2 is 2.03 bits per heavy atom. The Morgan fingerprint density at radius 3 is 2.97 bits per heavy atom. The van der Waals surface area contributed by atoms with Crippen LogP contribution in [0.3, 0.4) is 0 Å². The van der Waals surface area contributed by atoms with Gasteiger partial charge in [-0.25, -0.2) is 4.98 Å². The van der Waals surface area contributed by atoms with E-state index in [-0.39, 0.29) is 0 Å². The molecule has 30 heavy (non-hydrogen) atoms. The molecule has 0 bridgehead atoms. The van der Waals surface area contributed by atoms with Crippen LogP contribution in [0.5, 0.6) is 5.75 Å². The average molecular weight is 407 g/mol. The predicted molar refractivity (Wildman–Crippen MR) is 116 cm³/mol. The van der Waals surface area contributed by atoms with Gasteiger partial charge >= 0.3 is 0 Å². The average Bonchev–Trinajstić information content (AvgIpc) is 3.39. The molecule has 2 aromatic heterocycles. The van der Waals surface area contributed by atoms with Crippen LogP contribution >= 0.6 is 0 Å². The minimum atomic E-state index is 0.385. The van der Waals surface area contributed by atoms with Gasteiger partial charge in [0.15, 0.2) is 5.65 Å². The topological polar surface area (TPSA) is 51.9 Å². The Hall–Kier alpha value is -2.44. The van der Waals surface area contributed by atoms with Gasteiger partial charge in [-0.15, -0.1) is 0 Å². The number of fused-ring (bicyclic) bond motifs is 1. The molecule has 6 nitrogen and oxygen atoms in total. The zero-order valence-electron chi connectivity index (χ0n) is 17.4. The standard InChI is InChI=1S/C24H30N4O2/c1-4-8-23(30-22-6-2-3-7-22)20(5-1)16-27-11-12-29-18-19(15-27)13-21-17-28-10-9-25-24(28)14-26-21/h1,4-5,8-10,14,17,19,22H,2-3,6-7,11-13,15-16,18H2/t19-/m1/s1. The van der Waals surface area contributed by atoms with E-state index in [0.717, 1.165) is 56.4 Å². The summed E-state index contributed by atoms with van der Waals surface area (Å²) in [5.41, 5.74) is 3.25. The lowest BCUT2D eigenvalue weighted by atomic mass is 10.0. The minimum absolute atomic E-state index is 0.385. The highest BCUT2D eigenvalue weighted by atomic mass is 16.5. The number of para-hydroxylation sites is 1. The second kappa shape index (κ2) is 9.14. The van der Waals surface area contributed by atoms with Crippen LogP contribution in [-0.2, 0) is 17.7 Å². The van der Waals surface area contributed by atoms with Gasteiger partial charge in [-0.05, 0) is 38.2 Å². The summed E-state index contributed by atoms with van der Waals surface area (Å²) >= 11 is 0. The lowest BCUT2D eigenvalue weighted by Gasteiger charge is -2.25. The Kier molecular flexibility index (Phi) is 5.95. The minimum Gasteiger partial charge on any atom is -0.490 e. The first-order chi connectivity index (χ1) is 14.8. The van der Waals surface area contributed by atoms with Gasteiger partial charge in [-0.3, -0.25) is 9.88 Å². The van der Waals surface area contributed by atoms with Crippen LogP contribution in [0.2, 0.25) is 0 Å². The van der Waals surface area contributed by atoms with Crippen LogP contribution in [0.15, 0.2) is 49.1 Å². The van der Waals surface area contributed by atoms with Gasteiger partial charge in [0.25, 0.3) is 0 Å². The Morgan fingerprint density at radius 1 is 1.13 bits per heavy atom. The summed E-state index contributed by atoms with van der Waals surface area (Å²) in [6.07, 6.45) is 13.9. The third kappa shape index (κ3) is 4.65. The normalized spacial score (nSPS) is 21.1. The van der Waals surface area contributed by atoms with Crippen molar-refractivity contribution in [3.05, 3.63) is 60.3 Å². The van der Waals surface area contributed by atoms with Gasteiger partial charge in [0, 0.05) is 49.7 Å². The fourth-order valence-electron chi connectivity index (χ4n) is 4.67. The maximum atomic E-state index is 6.36. The lowest BCUT2D eigenvalue weighted by Crippen LogP contribution is -2.31. The van der Waals surface area contributed by atoms with Crippen LogP contribution in [-0.4, -0.2) is 51.7 Å². The van der Waals surface area contributed by atoms with Gasteiger partial charge < -0.3 is 13.9 Å². The van der Waals surface area contributed by atoms with Gasteiger partial charge in [0.05, 0.1) is 31.2 Å². The molecule has 0 N–H and O–H groups in total. The molecule has 0 amide bonds. The van der Waals surface area contributed by atoms with Gasteiger partial charge in [0.2, 0.25) is 0 Å². The van der Waals surface area contributed by atoms with E-state index < -0.39 is 0 Å². The SMILES string of the molecule is c1ccc(OC2CCCC2)c(CN2CCOC[C@H](Cc3cn4ccnc4cn3)C2)c1. The van der Waals surface area contributed by atoms with Crippen molar-refractivity contribution in [1.29, 1.82) is 0 Å². The molecule has 1 aliphatic carbocycles. The van der Waals surface area contributed by atoms with Crippen molar-refractivity contribution in [1.82, 2.24) is 19.3 Å². The predicted octanol–water partition coefficient (Wildman–Crippen LogP) is 3.74. The first kappa shape index (κ1) is 19.5. The molecule has 2 fully saturated rings. The fourth-order valence-corrected chi connectivity index (χ4v) is 4.67. The zero-order chi connectivity index (χ0) is 20.2. The summed E-state index contributed by atoms with van der Waals surface area (Å²) in [5.74, 6) is 1.47. The summed E-state index contributed by atoms with van der Waals surface area (Å²) < 4.78 is 14.3.